The molecule has 1 atom stereocenters. The van der Waals surface area contributed by atoms with Crippen molar-refractivity contribution >= 4 is 33.2 Å². The molecule has 0 heterocycles. The first-order chi connectivity index (χ1) is 8.90. The van der Waals surface area contributed by atoms with Gasteiger partial charge < -0.3 is 16.0 Å². The molecule has 3 N–H and O–H groups in total. The van der Waals surface area contributed by atoms with Crippen LogP contribution in [0.2, 0.25) is 0 Å². The summed E-state index contributed by atoms with van der Waals surface area (Å²) in [5.41, 5.74) is 6.55. The van der Waals surface area contributed by atoms with Crippen LogP contribution >= 0.6 is 15.9 Å². The van der Waals surface area contributed by atoms with Gasteiger partial charge in [-0.15, -0.1) is 0 Å². The first-order valence-corrected chi connectivity index (χ1v) is 6.99. The van der Waals surface area contributed by atoms with Crippen molar-refractivity contribution in [1.82, 2.24) is 4.90 Å². The third-order valence-electron chi connectivity index (χ3n) is 2.91. The fraction of sp³-hybridized carbons (Fsp3) is 0.462. The fourth-order valence-electron chi connectivity index (χ4n) is 1.79. The Bertz CT molecular complexity index is 463. The monoisotopic (exact) mass is 331 g/mol. The van der Waals surface area contributed by atoms with Crippen LogP contribution in [0.1, 0.15) is 20.8 Å². The lowest BCUT2D eigenvalue weighted by atomic mass is 10.2. The molecule has 106 valence electrons. The lowest BCUT2D eigenvalue weighted by Gasteiger charge is -2.24. The Balaban J connectivity index is 2.85. The molecule has 1 aromatic rings. The number of amides is 1. The highest BCUT2D eigenvalue weighted by atomic mass is 79.9. The van der Waals surface area contributed by atoms with Crippen molar-refractivity contribution in [2.24, 2.45) is 0 Å². The highest BCUT2D eigenvalue weighted by molar-refractivity contribution is 9.10. The van der Waals surface area contributed by atoms with Crippen LogP contribution in [-0.4, -0.2) is 29.9 Å². The van der Waals surface area contributed by atoms with Crippen LogP contribution in [-0.2, 0) is 4.79 Å². The molecule has 0 fully saturated rings. The molecule has 0 aliphatic carbocycles. The molecular formula is C13H19BrFN3O. The van der Waals surface area contributed by atoms with Crippen molar-refractivity contribution in [2.75, 3.05) is 24.1 Å². The highest BCUT2D eigenvalue weighted by Gasteiger charge is 2.19. The zero-order chi connectivity index (χ0) is 14.6. The van der Waals surface area contributed by atoms with Gasteiger partial charge in [0.25, 0.3) is 0 Å². The van der Waals surface area contributed by atoms with Crippen molar-refractivity contribution in [3.8, 4) is 0 Å². The number of benzene rings is 1. The summed E-state index contributed by atoms with van der Waals surface area (Å²) in [4.78, 5) is 13.8. The zero-order valence-corrected chi connectivity index (χ0v) is 12.9. The molecule has 0 aliphatic rings. The van der Waals surface area contributed by atoms with E-state index in [1.165, 1.54) is 12.1 Å². The van der Waals surface area contributed by atoms with E-state index in [9.17, 15) is 9.18 Å². The first-order valence-electron chi connectivity index (χ1n) is 6.20. The Morgan fingerprint density at radius 1 is 1.47 bits per heavy atom. The van der Waals surface area contributed by atoms with Gasteiger partial charge in [-0.05, 0) is 42.8 Å². The van der Waals surface area contributed by atoms with E-state index in [1.54, 1.807) is 11.8 Å². The lowest BCUT2D eigenvalue weighted by molar-refractivity contribution is -0.131. The number of rotatable bonds is 5. The predicted molar refractivity (Wildman–Crippen MR) is 79.5 cm³/mol. The average molecular weight is 332 g/mol. The summed E-state index contributed by atoms with van der Waals surface area (Å²) in [5, 5.41) is 3.01. The van der Waals surface area contributed by atoms with Crippen molar-refractivity contribution in [2.45, 2.75) is 26.8 Å². The minimum absolute atomic E-state index is 0.00940. The summed E-state index contributed by atoms with van der Waals surface area (Å²) in [6.07, 6.45) is 0. The molecule has 1 unspecified atom stereocenters. The van der Waals surface area contributed by atoms with E-state index in [0.717, 1.165) is 0 Å². The minimum Gasteiger partial charge on any atom is -0.397 e. The number of hydrogen-bond donors (Lipinski definition) is 2. The van der Waals surface area contributed by atoms with Gasteiger partial charge in [-0.2, -0.15) is 0 Å². The summed E-state index contributed by atoms with van der Waals surface area (Å²) >= 11 is 3.10. The van der Waals surface area contributed by atoms with Gasteiger partial charge in [-0.25, -0.2) is 4.39 Å². The van der Waals surface area contributed by atoms with Crippen LogP contribution < -0.4 is 11.1 Å². The second-order valence-corrected chi connectivity index (χ2v) is 5.08. The molecule has 0 spiro atoms. The van der Waals surface area contributed by atoms with Crippen LogP contribution in [0.25, 0.3) is 0 Å². The van der Waals surface area contributed by atoms with Gasteiger partial charge in [0.15, 0.2) is 0 Å². The lowest BCUT2D eigenvalue weighted by Crippen LogP contribution is -2.41. The second kappa shape index (κ2) is 6.75. The van der Waals surface area contributed by atoms with Gasteiger partial charge >= 0.3 is 0 Å². The smallest absolute Gasteiger partial charge is 0.244 e. The summed E-state index contributed by atoms with van der Waals surface area (Å²) in [7, 11) is 0. The maximum atomic E-state index is 13.3. The Hall–Kier alpha value is -1.30. The van der Waals surface area contributed by atoms with Gasteiger partial charge in [0.2, 0.25) is 5.91 Å². The van der Waals surface area contributed by atoms with E-state index < -0.39 is 11.9 Å². The van der Waals surface area contributed by atoms with Crippen molar-refractivity contribution < 1.29 is 9.18 Å². The number of likely N-dealkylation sites (N-methyl/N-ethyl adjacent to an activating group) is 1. The first kappa shape index (κ1) is 15.8. The molecule has 19 heavy (non-hydrogen) atoms. The SMILES string of the molecule is CCN(CC)C(=O)C(C)Nc1cc(Br)c(F)cc1N. The molecule has 1 rings (SSSR count). The Kier molecular flexibility index (Phi) is 5.60. The summed E-state index contributed by atoms with van der Waals surface area (Å²) in [5.74, 6) is -0.435. The third kappa shape index (κ3) is 3.83. The fourth-order valence-corrected chi connectivity index (χ4v) is 2.13. The van der Waals surface area contributed by atoms with Gasteiger partial charge in [0, 0.05) is 19.2 Å². The molecular weight excluding hydrogens is 313 g/mol. The molecule has 0 bridgehead atoms. The molecule has 0 radical (unpaired) electrons. The van der Waals surface area contributed by atoms with Crippen LogP contribution in [0, 0.1) is 5.82 Å². The van der Waals surface area contributed by atoms with E-state index in [0.29, 0.717) is 23.2 Å². The molecule has 4 nitrogen and oxygen atoms in total. The summed E-state index contributed by atoms with van der Waals surface area (Å²) < 4.78 is 13.6. The normalized spacial score (nSPS) is 12.1. The molecule has 0 aromatic heterocycles. The number of anilines is 2. The van der Waals surface area contributed by atoms with Crippen molar-refractivity contribution in [1.29, 1.82) is 0 Å². The van der Waals surface area contributed by atoms with Gasteiger partial charge in [0.1, 0.15) is 11.9 Å². The molecule has 0 aliphatic heterocycles. The highest BCUT2D eigenvalue weighted by Crippen LogP contribution is 2.27. The predicted octanol–water partition coefficient (Wildman–Crippen LogP) is 2.84. The number of carbonyl (C=O) groups excluding carboxylic acids is 1. The number of carbonyl (C=O) groups is 1. The van der Waals surface area contributed by atoms with E-state index in [4.69, 9.17) is 5.73 Å². The average Bonchev–Trinajstić information content (AvgIpc) is 2.37. The van der Waals surface area contributed by atoms with Gasteiger partial charge in [0.05, 0.1) is 15.8 Å². The van der Waals surface area contributed by atoms with Crippen molar-refractivity contribution in [3.05, 3.63) is 22.4 Å². The minimum atomic E-state index is -0.425. The molecule has 6 heteroatoms. The third-order valence-corrected chi connectivity index (χ3v) is 3.52. The topological polar surface area (TPSA) is 58.4 Å². The molecule has 1 amide bonds. The quantitative estimate of drug-likeness (QED) is 0.815. The van der Waals surface area contributed by atoms with E-state index >= 15 is 0 Å². The van der Waals surface area contributed by atoms with E-state index in [1.807, 2.05) is 13.8 Å². The van der Waals surface area contributed by atoms with Crippen LogP contribution in [0.4, 0.5) is 15.8 Å². The summed E-state index contributed by atoms with van der Waals surface area (Å²) in [6, 6.07) is 2.34. The Morgan fingerprint density at radius 3 is 2.58 bits per heavy atom. The Morgan fingerprint density at radius 2 is 2.05 bits per heavy atom. The van der Waals surface area contributed by atoms with Crippen molar-refractivity contribution in [3.63, 3.8) is 0 Å². The number of nitrogens with zero attached hydrogens (tertiary/aromatic N) is 1. The Labute approximate surface area is 121 Å². The maximum absolute atomic E-state index is 13.3. The summed E-state index contributed by atoms with van der Waals surface area (Å²) in [6.45, 7) is 6.93. The van der Waals surface area contributed by atoms with Gasteiger partial charge in [-0.1, -0.05) is 0 Å². The van der Waals surface area contributed by atoms with E-state index in [2.05, 4.69) is 21.2 Å². The molecule has 0 saturated carbocycles. The largest absolute Gasteiger partial charge is 0.397 e. The van der Waals surface area contributed by atoms with Crippen LogP contribution in [0.5, 0.6) is 0 Å². The van der Waals surface area contributed by atoms with Crippen LogP contribution in [0.3, 0.4) is 0 Å². The number of hydrogen-bond acceptors (Lipinski definition) is 3. The van der Waals surface area contributed by atoms with E-state index in [-0.39, 0.29) is 11.6 Å². The number of nitrogen functional groups attached to an aromatic ring is 1. The van der Waals surface area contributed by atoms with Crippen LogP contribution in [0.15, 0.2) is 16.6 Å². The number of nitrogens with one attached hydrogen (secondary N) is 1. The maximum Gasteiger partial charge on any atom is 0.244 e. The zero-order valence-electron chi connectivity index (χ0n) is 11.3. The number of nitrogens with two attached hydrogens (primary N) is 1. The standard InChI is InChI=1S/C13H19BrFN3O/c1-4-18(5-2)13(19)8(3)17-12-6-9(14)10(15)7-11(12)16/h6-8,17H,4-5,16H2,1-3H3. The van der Waals surface area contributed by atoms with Gasteiger partial charge in [-0.3, -0.25) is 4.79 Å². The molecule has 1 aromatic carbocycles. The number of halogens is 2. The second-order valence-electron chi connectivity index (χ2n) is 4.23. The molecule has 0 saturated heterocycles.